The maximum atomic E-state index is 11.9. The molecule has 2 unspecified atom stereocenters. The van der Waals surface area contributed by atoms with Gasteiger partial charge in [0.05, 0.1) is 7.11 Å². The summed E-state index contributed by atoms with van der Waals surface area (Å²) < 4.78 is 4.69. The third-order valence-electron chi connectivity index (χ3n) is 2.60. The SMILES string of the molecule is CCCC(C)(NC(=O)C(C)NC(C)=O)C(=O)OC. The van der Waals surface area contributed by atoms with Crippen LogP contribution in [0.3, 0.4) is 0 Å². The van der Waals surface area contributed by atoms with Gasteiger partial charge in [-0.1, -0.05) is 13.3 Å². The lowest BCUT2D eigenvalue weighted by atomic mass is 9.95. The van der Waals surface area contributed by atoms with Gasteiger partial charge in [-0.15, -0.1) is 0 Å². The molecule has 0 aliphatic heterocycles. The highest BCUT2D eigenvalue weighted by Gasteiger charge is 2.36. The molecule has 6 heteroatoms. The molecular weight excluding hydrogens is 236 g/mol. The molecule has 0 radical (unpaired) electrons. The first-order chi connectivity index (χ1) is 8.26. The second-order valence-corrected chi connectivity index (χ2v) is 4.49. The zero-order chi connectivity index (χ0) is 14.3. The number of ether oxygens (including phenoxy) is 1. The zero-order valence-corrected chi connectivity index (χ0v) is 11.6. The fourth-order valence-corrected chi connectivity index (χ4v) is 1.69. The number of rotatable bonds is 6. The van der Waals surface area contributed by atoms with E-state index in [1.807, 2.05) is 6.92 Å². The average Bonchev–Trinajstić information content (AvgIpc) is 2.27. The van der Waals surface area contributed by atoms with Crippen molar-refractivity contribution in [3.8, 4) is 0 Å². The number of hydrogen-bond acceptors (Lipinski definition) is 4. The fourth-order valence-electron chi connectivity index (χ4n) is 1.69. The van der Waals surface area contributed by atoms with Gasteiger partial charge in [0.2, 0.25) is 11.8 Å². The lowest BCUT2D eigenvalue weighted by Gasteiger charge is -2.29. The van der Waals surface area contributed by atoms with E-state index in [1.165, 1.54) is 14.0 Å². The Morgan fingerprint density at radius 3 is 2.28 bits per heavy atom. The molecule has 2 atom stereocenters. The number of carbonyl (C=O) groups is 3. The topological polar surface area (TPSA) is 84.5 Å². The summed E-state index contributed by atoms with van der Waals surface area (Å²) in [7, 11) is 1.28. The summed E-state index contributed by atoms with van der Waals surface area (Å²) in [6.07, 6.45) is 1.19. The highest BCUT2D eigenvalue weighted by molar-refractivity contribution is 5.91. The predicted molar refractivity (Wildman–Crippen MR) is 66.8 cm³/mol. The maximum absolute atomic E-state index is 11.9. The summed E-state index contributed by atoms with van der Waals surface area (Å²) in [5.41, 5.74) is -1.06. The van der Waals surface area contributed by atoms with Crippen LogP contribution in [0.2, 0.25) is 0 Å². The van der Waals surface area contributed by atoms with Crippen LogP contribution in [0.5, 0.6) is 0 Å². The molecule has 0 bridgehead atoms. The van der Waals surface area contributed by atoms with Crippen LogP contribution in [0.1, 0.15) is 40.5 Å². The number of esters is 1. The highest BCUT2D eigenvalue weighted by Crippen LogP contribution is 2.14. The van der Waals surface area contributed by atoms with Crippen molar-refractivity contribution in [2.45, 2.75) is 52.1 Å². The van der Waals surface area contributed by atoms with Gasteiger partial charge in [0.1, 0.15) is 11.6 Å². The Morgan fingerprint density at radius 2 is 1.89 bits per heavy atom. The summed E-state index contributed by atoms with van der Waals surface area (Å²) in [5, 5.41) is 5.08. The van der Waals surface area contributed by atoms with Crippen molar-refractivity contribution < 1.29 is 19.1 Å². The van der Waals surface area contributed by atoms with Crippen LogP contribution in [0.15, 0.2) is 0 Å². The molecule has 6 nitrogen and oxygen atoms in total. The van der Waals surface area contributed by atoms with Crippen molar-refractivity contribution in [1.82, 2.24) is 10.6 Å². The number of nitrogens with one attached hydrogen (secondary N) is 2. The van der Waals surface area contributed by atoms with Gasteiger partial charge in [0.25, 0.3) is 0 Å². The third-order valence-corrected chi connectivity index (χ3v) is 2.60. The quantitative estimate of drug-likeness (QED) is 0.674. The van der Waals surface area contributed by atoms with E-state index in [0.29, 0.717) is 6.42 Å². The smallest absolute Gasteiger partial charge is 0.331 e. The Hall–Kier alpha value is -1.59. The molecule has 0 fully saturated rings. The van der Waals surface area contributed by atoms with Gasteiger partial charge in [0.15, 0.2) is 0 Å². The fraction of sp³-hybridized carbons (Fsp3) is 0.750. The van der Waals surface area contributed by atoms with Crippen LogP contribution in [-0.2, 0) is 19.1 Å². The summed E-state index contributed by atoms with van der Waals surface area (Å²) in [6, 6.07) is -0.691. The van der Waals surface area contributed by atoms with Gasteiger partial charge in [-0.2, -0.15) is 0 Å². The molecule has 0 aromatic heterocycles. The average molecular weight is 258 g/mol. The van der Waals surface area contributed by atoms with Crippen LogP contribution in [0, 0.1) is 0 Å². The molecule has 0 aliphatic carbocycles. The van der Waals surface area contributed by atoms with Crippen LogP contribution in [0.25, 0.3) is 0 Å². The standard InChI is InChI=1S/C12H22N2O4/c1-6-7-12(4,11(17)18-5)14-10(16)8(2)13-9(3)15/h8H,6-7H2,1-5H3,(H,13,15)(H,14,16). The number of hydrogen-bond donors (Lipinski definition) is 2. The lowest BCUT2D eigenvalue weighted by Crippen LogP contribution is -2.57. The first kappa shape index (κ1) is 16.4. The second-order valence-electron chi connectivity index (χ2n) is 4.49. The second kappa shape index (κ2) is 6.98. The number of carbonyl (C=O) groups excluding carboxylic acids is 3. The van der Waals surface area contributed by atoms with E-state index in [-0.39, 0.29) is 5.91 Å². The maximum Gasteiger partial charge on any atom is 0.331 e. The van der Waals surface area contributed by atoms with E-state index in [0.717, 1.165) is 6.42 Å². The van der Waals surface area contributed by atoms with Crippen LogP contribution in [-0.4, -0.2) is 36.5 Å². The van der Waals surface area contributed by atoms with E-state index in [2.05, 4.69) is 15.4 Å². The Labute approximate surface area is 107 Å². The molecule has 0 aliphatic rings. The highest BCUT2D eigenvalue weighted by atomic mass is 16.5. The van der Waals surface area contributed by atoms with E-state index >= 15 is 0 Å². The van der Waals surface area contributed by atoms with Crippen LogP contribution < -0.4 is 10.6 Å². The van der Waals surface area contributed by atoms with Crippen molar-refractivity contribution in [3.05, 3.63) is 0 Å². The first-order valence-corrected chi connectivity index (χ1v) is 5.94. The normalized spacial score (nSPS) is 15.2. The Morgan fingerprint density at radius 1 is 1.33 bits per heavy atom. The molecule has 0 saturated carbocycles. The summed E-state index contributed by atoms with van der Waals surface area (Å²) in [4.78, 5) is 34.4. The van der Waals surface area contributed by atoms with Gasteiger partial charge in [-0.25, -0.2) is 4.79 Å². The Kier molecular flexibility index (Phi) is 6.36. The van der Waals surface area contributed by atoms with E-state index in [4.69, 9.17) is 0 Å². The minimum Gasteiger partial charge on any atom is -0.467 e. The monoisotopic (exact) mass is 258 g/mol. The van der Waals surface area contributed by atoms with Gasteiger partial charge in [-0.3, -0.25) is 9.59 Å². The molecule has 0 aromatic carbocycles. The lowest BCUT2D eigenvalue weighted by molar-refractivity contribution is -0.150. The molecule has 2 N–H and O–H groups in total. The Balaban J connectivity index is 4.73. The van der Waals surface area contributed by atoms with Crippen molar-refractivity contribution in [3.63, 3.8) is 0 Å². The van der Waals surface area contributed by atoms with Crippen LogP contribution in [0.4, 0.5) is 0 Å². The van der Waals surface area contributed by atoms with E-state index < -0.39 is 23.5 Å². The van der Waals surface area contributed by atoms with E-state index in [9.17, 15) is 14.4 Å². The van der Waals surface area contributed by atoms with Crippen molar-refractivity contribution >= 4 is 17.8 Å². The van der Waals surface area contributed by atoms with E-state index in [1.54, 1.807) is 13.8 Å². The summed E-state index contributed by atoms with van der Waals surface area (Å²) in [6.45, 7) is 6.40. The predicted octanol–water partition coefficient (Wildman–Crippen LogP) is 0.359. The molecule has 0 saturated heterocycles. The molecule has 0 rings (SSSR count). The molecule has 104 valence electrons. The molecule has 0 spiro atoms. The minimum atomic E-state index is -1.06. The Bertz CT molecular complexity index is 330. The van der Waals surface area contributed by atoms with Gasteiger partial charge in [-0.05, 0) is 20.3 Å². The first-order valence-electron chi connectivity index (χ1n) is 5.94. The van der Waals surface area contributed by atoms with Crippen molar-refractivity contribution in [1.29, 1.82) is 0 Å². The molecule has 2 amide bonds. The zero-order valence-electron chi connectivity index (χ0n) is 11.6. The van der Waals surface area contributed by atoms with Crippen molar-refractivity contribution in [2.75, 3.05) is 7.11 Å². The number of methoxy groups -OCH3 is 1. The molecular formula is C12H22N2O4. The van der Waals surface area contributed by atoms with Gasteiger partial charge in [0, 0.05) is 6.92 Å². The molecule has 0 heterocycles. The van der Waals surface area contributed by atoms with Crippen molar-refractivity contribution in [2.24, 2.45) is 0 Å². The largest absolute Gasteiger partial charge is 0.467 e. The molecule has 0 aromatic rings. The van der Waals surface area contributed by atoms with Gasteiger partial charge >= 0.3 is 5.97 Å². The third kappa shape index (κ3) is 4.73. The molecule has 18 heavy (non-hydrogen) atoms. The summed E-state index contributed by atoms with van der Waals surface area (Å²) >= 11 is 0. The number of amides is 2. The summed E-state index contributed by atoms with van der Waals surface area (Å²) in [5.74, 6) is -1.20. The minimum absolute atomic E-state index is 0.298. The van der Waals surface area contributed by atoms with Gasteiger partial charge < -0.3 is 15.4 Å². The van der Waals surface area contributed by atoms with Crippen LogP contribution >= 0.6 is 0 Å².